The number of aliphatic carboxylic acids is 1. The van der Waals surface area contributed by atoms with E-state index in [2.05, 4.69) is 54.8 Å². The topological polar surface area (TPSA) is 172 Å². The fourth-order valence-corrected chi connectivity index (χ4v) is 7.34. The van der Waals surface area contributed by atoms with Crippen molar-refractivity contribution in [1.29, 1.82) is 0 Å². The van der Waals surface area contributed by atoms with Crippen LogP contribution in [0.3, 0.4) is 0 Å². The summed E-state index contributed by atoms with van der Waals surface area (Å²) in [5, 5.41) is 8.90. The Morgan fingerprint density at radius 3 is 1.35 bits per heavy atom. The Morgan fingerprint density at radius 1 is 0.517 bits per heavy atom. The molecule has 0 aliphatic carbocycles. The van der Waals surface area contributed by atoms with E-state index in [0.29, 0.717) is 12.8 Å². The van der Waals surface area contributed by atoms with E-state index >= 15 is 0 Å². The quantitative estimate of drug-likeness (QED) is 0.0230. The van der Waals surface area contributed by atoms with Gasteiger partial charge in [0.1, 0.15) is 12.6 Å². The first-order chi connectivity index (χ1) is 29.1. The van der Waals surface area contributed by atoms with E-state index < -0.39 is 51.1 Å². The molecule has 11 nitrogen and oxygen atoms in total. The summed E-state index contributed by atoms with van der Waals surface area (Å²) in [6.45, 7) is 2.78. The molecule has 0 spiro atoms. The van der Waals surface area contributed by atoms with Crippen LogP contribution in [0.4, 0.5) is 0 Å². The molecule has 0 heterocycles. The van der Waals surface area contributed by atoms with Gasteiger partial charge in [-0.15, -0.1) is 0 Å². The average molecular weight is 870 g/mol. The van der Waals surface area contributed by atoms with Crippen molar-refractivity contribution in [2.24, 2.45) is 5.73 Å². The lowest BCUT2D eigenvalue weighted by atomic mass is 10.0. The van der Waals surface area contributed by atoms with Gasteiger partial charge >= 0.3 is 25.7 Å². The van der Waals surface area contributed by atoms with Gasteiger partial charge in [-0.2, -0.15) is 0 Å². The lowest BCUT2D eigenvalue weighted by Crippen LogP contribution is -2.34. The number of carbonyl (C=O) groups is 3. The fraction of sp³-hybridized carbons (Fsp3) is 0.812. The van der Waals surface area contributed by atoms with Gasteiger partial charge in [0.2, 0.25) is 0 Å². The van der Waals surface area contributed by atoms with Crippen molar-refractivity contribution in [2.75, 3.05) is 19.8 Å². The zero-order valence-electron chi connectivity index (χ0n) is 38.1. The molecular weight excluding hydrogens is 781 g/mol. The second kappa shape index (κ2) is 43.4. The normalized spacial score (nSPS) is 13.9. The number of esters is 2. The van der Waals surface area contributed by atoms with E-state index in [1.165, 1.54) is 135 Å². The predicted octanol–water partition coefficient (Wildman–Crippen LogP) is 13.2. The van der Waals surface area contributed by atoms with Crippen molar-refractivity contribution < 1.29 is 47.5 Å². The largest absolute Gasteiger partial charge is 0.480 e. The number of unbranched alkanes of at least 4 members (excludes halogenated alkanes) is 25. The summed E-state index contributed by atoms with van der Waals surface area (Å²) in [5.74, 6) is -2.41. The summed E-state index contributed by atoms with van der Waals surface area (Å²) in [4.78, 5) is 46.0. The molecule has 0 aromatic rings. The second-order valence-electron chi connectivity index (χ2n) is 16.2. The number of hydrogen-bond acceptors (Lipinski definition) is 9. The maximum atomic E-state index is 12.6. The summed E-state index contributed by atoms with van der Waals surface area (Å²) in [7, 11) is -4.73. The number of carboxylic acid groups (broad SMARTS) is 1. The van der Waals surface area contributed by atoms with E-state index in [1.807, 2.05) is 0 Å². The molecule has 0 rings (SSSR count). The number of phosphoric acid groups is 1. The van der Waals surface area contributed by atoms with Crippen LogP contribution in [-0.4, -0.2) is 59.9 Å². The van der Waals surface area contributed by atoms with Gasteiger partial charge < -0.3 is 25.2 Å². The molecule has 350 valence electrons. The Labute approximate surface area is 365 Å². The van der Waals surface area contributed by atoms with E-state index in [-0.39, 0.29) is 19.4 Å². The lowest BCUT2D eigenvalue weighted by Gasteiger charge is -2.20. The minimum Gasteiger partial charge on any atom is -0.480 e. The zero-order chi connectivity index (χ0) is 44.2. The predicted molar refractivity (Wildman–Crippen MR) is 245 cm³/mol. The van der Waals surface area contributed by atoms with Crippen LogP contribution >= 0.6 is 7.82 Å². The number of carbonyl (C=O) groups excluding carboxylic acids is 2. The molecule has 0 aliphatic heterocycles. The van der Waals surface area contributed by atoms with Crippen LogP contribution in [0.25, 0.3) is 0 Å². The van der Waals surface area contributed by atoms with Gasteiger partial charge in [-0.3, -0.25) is 23.4 Å². The van der Waals surface area contributed by atoms with Crippen molar-refractivity contribution in [1.82, 2.24) is 0 Å². The fourth-order valence-electron chi connectivity index (χ4n) is 6.56. The van der Waals surface area contributed by atoms with Gasteiger partial charge in [-0.1, -0.05) is 172 Å². The maximum Gasteiger partial charge on any atom is 0.472 e. The average Bonchev–Trinajstić information content (AvgIpc) is 3.22. The van der Waals surface area contributed by atoms with E-state index in [4.69, 9.17) is 24.8 Å². The third-order valence-corrected chi connectivity index (χ3v) is 11.3. The second-order valence-corrected chi connectivity index (χ2v) is 17.7. The number of carboxylic acids is 1. The van der Waals surface area contributed by atoms with Gasteiger partial charge in [-0.05, 0) is 70.6 Å². The van der Waals surface area contributed by atoms with Gasteiger partial charge in [-0.25, -0.2) is 4.57 Å². The molecule has 0 saturated carbocycles. The SMILES string of the molecule is CCCCCCCC/C=C/C/C=C/CCCCC(=O)O[C@@H](COC(=O)CCCCCCCCCCCCC/C=C/CCCCCCCC)COP(=O)(O)OC[C@H](N)C(=O)O. The van der Waals surface area contributed by atoms with Crippen LogP contribution in [0.15, 0.2) is 36.5 Å². The Morgan fingerprint density at radius 2 is 0.883 bits per heavy atom. The molecule has 0 aliphatic rings. The van der Waals surface area contributed by atoms with Crippen molar-refractivity contribution in [3.63, 3.8) is 0 Å². The molecule has 0 aromatic heterocycles. The van der Waals surface area contributed by atoms with E-state index in [1.54, 1.807) is 0 Å². The minimum absolute atomic E-state index is 0.119. The Kier molecular flexibility index (Phi) is 41.7. The summed E-state index contributed by atoms with van der Waals surface area (Å²) in [6.07, 6.45) is 47.9. The number of phosphoric ester groups is 1. The maximum absolute atomic E-state index is 12.6. The smallest absolute Gasteiger partial charge is 0.472 e. The van der Waals surface area contributed by atoms with Crippen molar-refractivity contribution in [3.8, 4) is 0 Å². The molecule has 0 saturated heterocycles. The van der Waals surface area contributed by atoms with Crippen molar-refractivity contribution in [3.05, 3.63) is 36.5 Å². The van der Waals surface area contributed by atoms with Gasteiger partial charge in [0.15, 0.2) is 6.10 Å². The summed E-state index contributed by atoms with van der Waals surface area (Å²) in [5.41, 5.74) is 5.34. The lowest BCUT2D eigenvalue weighted by molar-refractivity contribution is -0.161. The third kappa shape index (κ3) is 42.4. The highest BCUT2D eigenvalue weighted by Gasteiger charge is 2.28. The number of hydrogen-bond donors (Lipinski definition) is 3. The highest BCUT2D eigenvalue weighted by atomic mass is 31.2. The van der Waals surface area contributed by atoms with Gasteiger partial charge in [0, 0.05) is 12.8 Å². The number of nitrogens with two attached hydrogens (primary N) is 1. The van der Waals surface area contributed by atoms with Crippen LogP contribution in [0.5, 0.6) is 0 Å². The van der Waals surface area contributed by atoms with Gasteiger partial charge in [0.25, 0.3) is 0 Å². The van der Waals surface area contributed by atoms with Crippen LogP contribution < -0.4 is 5.73 Å². The molecule has 0 radical (unpaired) electrons. The molecule has 0 aromatic carbocycles. The number of ether oxygens (including phenoxy) is 2. The third-order valence-electron chi connectivity index (χ3n) is 10.4. The molecule has 0 fully saturated rings. The monoisotopic (exact) mass is 870 g/mol. The van der Waals surface area contributed by atoms with Crippen LogP contribution in [0, 0.1) is 0 Å². The highest BCUT2D eigenvalue weighted by Crippen LogP contribution is 2.43. The number of allylic oxidation sites excluding steroid dienone is 6. The first-order valence-corrected chi connectivity index (χ1v) is 25.5. The molecule has 60 heavy (non-hydrogen) atoms. The van der Waals surface area contributed by atoms with Crippen molar-refractivity contribution in [2.45, 2.75) is 231 Å². The van der Waals surface area contributed by atoms with E-state index in [0.717, 1.165) is 44.9 Å². The minimum atomic E-state index is -4.73. The standard InChI is InChI=1S/C48H88NO10P/c1-3-5-7-9-11-13-15-17-19-20-21-22-23-24-26-27-29-31-33-35-37-39-46(50)56-41-44(42-57-60(54,55)58-43-45(49)48(52)53)59-47(51)40-38-36-34-32-30-28-25-18-16-14-12-10-8-6-4-2/h17-19,25,30,32,44-45H,3-16,20-24,26-29,31,33-43,49H2,1-2H3,(H,52,53)(H,54,55)/b19-17+,25-18+,32-30+/t44-,45-/m0/s1. The van der Waals surface area contributed by atoms with Crippen LogP contribution in [0.1, 0.15) is 219 Å². The Balaban J connectivity index is 4.29. The molecule has 0 amide bonds. The van der Waals surface area contributed by atoms with Gasteiger partial charge in [0.05, 0.1) is 13.2 Å². The first kappa shape index (κ1) is 57.7. The molecule has 12 heteroatoms. The molecular formula is C48H88NO10P. The van der Waals surface area contributed by atoms with E-state index in [9.17, 15) is 23.8 Å². The summed E-state index contributed by atoms with van der Waals surface area (Å²) < 4.78 is 32.7. The first-order valence-electron chi connectivity index (χ1n) is 24.0. The van der Waals surface area contributed by atoms with Crippen LogP contribution in [0.2, 0.25) is 0 Å². The zero-order valence-corrected chi connectivity index (χ0v) is 38.9. The molecule has 3 atom stereocenters. The molecule has 4 N–H and O–H groups in total. The summed E-state index contributed by atoms with van der Waals surface area (Å²) in [6, 6.07) is -1.53. The Hall–Kier alpha value is -2.30. The Bertz CT molecular complexity index is 1160. The van der Waals surface area contributed by atoms with Crippen molar-refractivity contribution >= 4 is 25.7 Å². The molecule has 1 unspecified atom stereocenters. The molecule has 0 bridgehead atoms. The highest BCUT2D eigenvalue weighted by molar-refractivity contribution is 7.47. The summed E-state index contributed by atoms with van der Waals surface area (Å²) >= 11 is 0. The number of rotatable bonds is 45. The van der Waals surface area contributed by atoms with Crippen LogP contribution in [-0.2, 0) is 37.5 Å².